The fourth-order valence-corrected chi connectivity index (χ4v) is 2.75. The van der Waals surface area contributed by atoms with Crippen LogP contribution in [0.4, 0.5) is 4.39 Å². The molecule has 1 unspecified atom stereocenters. The van der Waals surface area contributed by atoms with E-state index in [9.17, 15) is 14.0 Å². The molecule has 0 saturated carbocycles. The standard InChI is InChI=1S/C19H22FNO4/c1-12(7-14-5-4-6-15(20)9-14)8-18(22)21(3)11-16-10-17(19(23)24)13(2)25-16/h4-6,9-10,12H,7-8,11H2,1-3H3,(H,23,24). The molecule has 1 aromatic heterocycles. The molecule has 0 aliphatic carbocycles. The Morgan fingerprint density at radius 3 is 2.64 bits per heavy atom. The molecule has 0 spiro atoms. The largest absolute Gasteiger partial charge is 0.478 e. The van der Waals surface area contributed by atoms with Crippen LogP contribution in [0.5, 0.6) is 0 Å². The molecule has 1 heterocycles. The Morgan fingerprint density at radius 2 is 2.04 bits per heavy atom. The van der Waals surface area contributed by atoms with E-state index in [0.29, 0.717) is 24.4 Å². The Balaban J connectivity index is 1.91. The molecule has 0 radical (unpaired) electrons. The van der Waals surface area contributed by atoms with E-state index >= 15 is 0 Å². The van der Waals surface area contributed by atoms with Gasteiger partial charge >= 0.3 is 5.97 Å². The number of aromatic carboxylic acids is 1. The summed E-state index contributed by atoms with van der Waals surface area (Å²) in [5.41, 5.74) is 0.964. The lowest BCUT2D eigenvalue weighted by Gasteiger charge is -2.18. The third kappa shape index (κ3) is 5.17. The zero-order valence-electron chi connectivity index (χ0n) is 14.6. The second kappa shape index (κ2) is 7.96. The van der Waals surface area contributed by atoms with Crippen LogP contribution in [-0.4, -0.2) is 28.9 Å². The fraction of sp³-hybridized carbons (Fsp3) is 0.368. The van der Waals surface area contributed by atoms with Crippen LogP contribution in [-0.2, 0) is 17.8 Å². The average Bonchev–Trinajstić information content (AvgIpc) is 2.87. The van der Waals surface area contributed by atoms with Crippen molar-refractivity contribution in [2.45, 2.75) is 33.2 Å². The van der Waals surface area contributed by atoms with Crippen molar-refractivity contribution in [1.82, 2.24) is 4.90 Å². The van der Waals surface area contributed by atoms with Gasteiger partial charge < -0.3 is 14.4 Å². The Bertz CT molecular complexity index is 769. The predicted octanol–water partition coefficient (Wildman–Crippen LogP) is 3.65. The number of carbonyl (C=O) groups excluding carboxylic acids is 1. The number of nitrogens with zero attached hydrogens (tertiary/aromatic N) is 1. The second-order valence-corrected chi connectivity index (χ2v) is 6.38. The van der Waals surface area contributed by atoms with E-state index in [4.69, 9.17) is 9.52 Å². The third-order valence-corrected chi connectivity index (χ3v) is 4.01. The van der Waals surface area contributed by atoms with Crippen LogP contribution in [0.15, 0.2) is 34.7 Å². The van der Waals surface area contributed by atoms with Crippen LogP contribution in [0.25, 0.3) is 0 Å². The lowest BCUT2D eigenvalue weighted by Crippen LogP contribution is -2.27. The normalized spacial score (nSPS) is 12.0. The summed E-state index contributed by atoms with van der Waals surface area (Å²) in [6.45, 7) is 3.73. The summed E-state index contributed by atoms with van der Waals surface area (Å²) in [4.78, 5) is 24.9. The van der Waals surface area contributed by atoms with Crippen molar-refractivity contribution in [3.63, 3.8) is 0 Å². The number of benzene rings is 1. The Labute approximate surface area is 146 Å². The number of amides is 1. The van der Waals surface area contributed by atoms with Crippen molar-refractivity contribution in [2.75, 3.05) is 7.05 Å². The van der Waals surface area contributed by atoms with Gasteiger partial charge in [-0.1, -0.05) is 19.1 Å². The predicted molar refractivity (Wildman–Crippen MR) is 90.8 cm³/mol. The molecule has 1 N–H and O–H groups in total. The van der Waals surface area contributed by atoms with E-state index in [1.807, 2.05) is 13.0 Å². The quantitative estimate of drug-likeness (QED) is 0.830. The molecule has 0 saturated heterocycles. The van der Waals surface area contributed by atoms with E-state index in [0.717, 1.165) is 5.56 Å². The van der Waals surface area contributed by atoms with Gasteiger partial charge in [-0.05, 0) is 43.0 Å². The molecule has 134 valence electrons. The molecule has 1 atom stereocenters. The number of hydrogen-bond donors (Lipinski definition) is 1. The minimum atomic E-state index is -1.05. The molecule has 0 bridgehead atoms. The summed E-state index contributed by atoms with van der Waals surface area (Å²) in [6.07, 6.45) is 0.929. The monoisotopic (exact) mass is 347 g/mol. The van der Waals surface area contributed by atoms with Crippen molar-refractivity contribution < 1.29 is 23.5 Å². The molecule has 25 heavy (non-hydrogen) atoms. The average molecular weight is 347 g/mol. The number of carboxylic acid groups (broad SMARTS) is 1. The first-order chi connectivity index (χ1) is 11.8. The van der Waals surface area contributed by atoms with E-state index in [-0.39, 0.29) is 29.8 Å². The molecule has 0 aliphatic heterocycles. The molecule has 1 aromatic carbocycles. The second-order valence-electron chi connectivity index (χ2n) is 6.38. The lowest BCUT2D eigenvalue weighted by molar-refractivity contribution is -0.131. The Morgan fingerprint density at radius 1 is 1.32 bits per heavy atom. The number of furan rings is 1. The smallest absolute Gasteiger partial charge is 0.339 e. The van der Waals surface area contributed by atoms with E-state index in [2.05, 4.69) is 0 Å². The summed E-state index contributed by atoms with van der Waals surface area (Å²) >= 11 is 0. The molecular weight excluding hydrogens is 325 g/mol. The highest BCUT2D eigenvalue weighted by Crippen LogP contribution is 2.18. The van der Waals surface area contributed by atoms with Gasteiger partial charge in [0.05, 0.1) is 6.54 Å². The summed E-state index contributed by atoms with van der Waals surface area (Å²) < 4.78 is 18.6. The molecule has 0 fully saturated rings. The summed E-state index contributed by atoms with van der Waals surface area (Å²) in [5, 5.41) is 9.03. The number of rotatable bonds is 7. The Kier molecular flexibility index (Phi) is 5.96. The van der Waals surface area contributed by atoms with Crippen LogP contribution < -0.4 is 0 Å². The van der Waals surface area contributed by atoms with Crippen molar-refractivity contribution in [3.8, 4) is 0 Å². The summed E-state index contributed by atoms with van der Waals surface area (Å²) in [6, 6.07) is 7.81. The van der Waals surface area contributed by atoms with Gasteiger partial charge in [0.1, 0.15) is 22.9 Å². The zero-order valence-corrected chi connectivity index (χ0v) is 14.6. The first kappa shape index (κ1) is 18.7. The zero-order chi connectivity index (χ0) is 18.6. The lowest BCUT2D eigenvalue weighted by atomic mass is 9.97. The van der Waals surface area contributed by atoms with Crippen molar-refractivity contribution >= 4 is 11.9 Å². The highest BCUT2D eigenvalue weighted by Gasteiger charge is 2.18. The van der Waals surface area contributed by atoms with Gasteiger partial charge in [-0.25, -0.2) is 9.18 Å². The SMILES string of the molecule is Cc1oc(CN(C)C(=O)CC(C)Cc2cccc(F)c2)cc1C(=O)O. The number of aryl methyl sites for hydroxylation is 1. The third-order valence-electron chi connectivity index (χ3n) is 4.01. The number of hydrogen-bond acceptors (Lipinski definition) is 3. The van der Waals surface area contributed by atoms with Gasteiger partial charge in [0.25, 0.3) is 0 Å². The topological polar surface area (TPSA) is 70.8 Å². The van der Waals surface area contributed by atoms with E-state index in [1.165, 1.54) is 23.1 Å². The maximum atomic E-state index is 13.2. The highest BCUT2D eigenvalue weighted by atomic mass is 19.1. The number of halogens is 1. The molecule has 5 nitrogen and oxygen atoms in total. The van der Waals surface area contributed by atoms with Crippen LogP contribution in [0.3, 0.4) is 0 Å². The van der Waals surface area contributed by atoms with E-state index < -0.39 is 5.97 Å². The molecule has 0 aliphatic rings. The molecule has 1 amide bonds. The van der Waals surface area contributed by atoms with Crippen molar-refractivity contribution in [3.05, 3.63) is 58.8 Å². The summed E-state index contributed by atoms with van der Waals surface area (Å²) in [5.74, 6) is -0.591. The number of carbonyl (C=O) groups is 2. The van der Waals surface area contributed by atoms with Gasteiger partial charge in [0.15, 0.2) is 0 Å². The first-order valence-corrected chi connectivity index (χ1v) is 8.07. The minimum absolute atomic E-state index is 0.0599. The number of carboxylic acids is 1. The maximum absolute atomic E-state index is 13.2. The fourth-order valence-electron chi connectivity index (χ4n) is 2.75. The van der Waals surface area contributed by atoms with Crippen LogP contribution in [0.1, 0.15) is 40.8 Å². The molecule has 6 heteroatoms. The van der Waals surface area contributed by atoms with Gasteiger partial charge in [0, 0.05) is 13.5 Å². The van der Waals surface area contributed by atoms with Crippen LogP contribution in [0, 0.1) is 18.7 Å². The highest BCUT2D eigenvalue weighted by molar-refractivity contribution is 5.88. The summed E-state index contributed by atoms with van der Waals surface area (Å²) in [7, 11) is 1.65. The van der Waals surface area contributed by atoms with Crippen molar-refractivity contribution in [1.29, 1.82) is 0 Å². The van der Waals surface area contributed by atoms with Gasteiger partial charge in [-0.15, -0.1) is 0 Å². The van der Waals surface area contributed by atoms with Crippen LogP contribution >= 0.6 is 0 Å². The molecule has 2 rings (SSSR count). The minimum Gasteiger partial charge on any atom is -0.478 e. The maximum Gasteiger partial charge on any atom is 0.339 e. The molecular formula is C19H22FNO4. The van der Waals surface area contributed by atoms with Crippen molar-refractivity contribution in [2.24, 2.45) is 5.92 Å². The Hall–Kier alpha value is -2.63. The van der Waals surface area contributed by atoms with Gasteiger partial charge in [-0.2, -0.15) is 0 Å². The molecule has 2 aromatic rings. The van der Waals surface area contributed by atoms with E-state index in [1.54, 1.807) is 20.0 Å². The van der Waals surface area contributed by atoms with Gasteiger partial charge in [-0.3, -0.25) is 4.79 Å². The van der Waals surface area contributed by atoms with Gasteiger partial charge in [0.2, 0.25) is 5.91 Å². The van der Waals surface area contributed by atoms with Crippen LogP contribution in [0.2, 0.25) is 0 Å². The first-order valence-electron chi connectivity index (χ1n) is 8.07.